The third kappa shape index (κ3) is 6.09. The molecule has 0 fully saturated rings. The summed E-state index contributed by atoms with van der Waals surface area (Å²) >= 11 is 0. The molecular formula is C52H54N4. The SMILES string of the molecule is CC(C)(C)c1ccc2c3ccc(C(C)(C)C)cc3n(-c3cncc(-n4c5cc(C(C)(C)C)ccc5c5ccc(C(C)(C)C)cc54)c3-c3ccccc3C#N)c2c1. The molecule has 3 aromatic heterocycles. The summed E-state index contributed by atoms with van der Waals surface area (Å²) in [5.41, 5.74) is 13.7. The Bertz CT molecular complexity index is 2590. The van der Waals surface area contributed by atoms with E-state index in [1.54, 1.807) is 0 Å². The van der Waals surface area contributed by atoms with E-state index in [9.17, 15) is 5.26 Å². The highest BCUT2D eigenvalue weighted by Crippen LogP contribution is 2.45. The minimum absolute atomic E-state index is 0.0547. The maximum absolute atomic E-state index is 10.7. The van der Waals surface area contributed by atoms with Gasteiger partial charge in [-0.1, -0.05) is 150 Å². The monoisotopic (exact) mass is 734 g/mol. The Balaban J connectivity index is 1.61. The Morgan fingerprint density at radius 1 is 0.446 bits per heavy atom. The Kier molecular flexibility index (Phi) is 8.44. The van der Waals surface area contributed by atoms with Crippen LogP contribution in [0.3, 0.4) is 0 Å². The Morgan fingerprint density at radius 3 is 1.07 bits per heavy atom. The third-order valence-electron chi connectivity index (χ3n) is 11.7. The van der Waals surface area contributed by atoms with Crippen LogP contribution in [0.1, 0.15) is 111 Å². The van der Waals surface area contributed by atoms with Gasteiger partial charge in [0, 0.05) is 32.7 Å². The molecule has 4 nitrogen and oxygen atoms in total. The van der Waals surface area contributed by atoms with Crippen LogP contribution >= 0.6 is 0 Å². The summed E-state index contributed by atoms with van der Waals surface area (Å²) in [6.07, 6.45) is 4.02. The zero-order valence-corrected chi connectivity index (χ0v) is 35.2. The van der Waals surface area contributed by atoms with Gasteiger partial charge in [-0.05, 0) is 74.2 Å². The van der Waals surface area contributed by atoms with Gasteiger partial charge < -0.3 is 9.13 Å². The first-order valence-corrected chi connectivity index (χ1v) is 19.9. The molecule has 0 radical (unpaired) electrons. The third-order valence-corrected chi connectivity index (χ3v) is 11.7. The van der Waals surface area contributed by atoms with Gasteiger partial charge in [0.1, 0.15) is 0 Å². The van der Waals surface area contributed by atoms with E-state index in [1.807, 2.05) is 30.6 Å². The minimum atomic E-state index is -0.0547. The summed E-state index contributed by atoms with van der Waals surface area (Å²) < 4.78 is 4.84. The van der Waals surface area contributed by atoms with Gasteiger partial charge in [0.2, 0.25) is 0 Å². The molecule has 0 spiro atoms. The molecule has 282 valence electrons. The second kappa shape index (κ2) is 12.7. The topological polar surface area (TPSA) is 46.5 Å². The van der Waals surface area contributed by atoms with Crippen molar-refractivity contribution in [2.24, 2.45) is 0 Å². The Labute approximate surface area is 332 Å². The fraction of sp³-hybridized carbons (Fsp3) is 0.308. The average Bonchev–Trinajstić information content (AvgIpc) is 3.64. The van der Waals surface area contributed by atoms with Crippen LogP contribution in [0.2, 0.25) is 0 Å². The number of hydrogen-bond acceptors (Lipinski definition) is 2. The van der Waals surface area contributed by atoms with Crippen molar-refractivity contribution >= 4 is 43.6 Å². The summed E-state index contributed by atoms with van der Waals surface area (Å²) in [6.45, 7) is 27.3. The van der Waals surface area contributed by atoms with E-state index in [1.165, 1.54) is 43.8 Å². The lowest BCUT2D eigenvalue weighted by Crippen LogP contribution is -2.12. The highest BCUT2D eigenvalue weighted by Gasteiger charge is 2.27. The van der Waals surface area contributed by atoms with Crippen molar-refractivity contribution in [3.63, 3.8) is 0 Å². The summed E-state index contributed by atoms with van der Waals surface area (Å²) in [5.74, 6) is 0. The second-order valence-corrected chi connectivity index (χ2v) is 19.8. The molecule has 0 bridgehead atoms. The van der Waals surface area contributed by atoms with Crippen molar-refractivity contribution in [2.45, 2.75) is 105 Å². The molecule has 0 N–H and O–H groups in total. The predicted octanol–water partition coefficient (Wildman–Crippen LogP) is 14.0. The summed E-state index contributed by atoms with van der Waals surface area (Å²) in [5, 5.41) is 15.5. The van der Waals surface area contributed by atoms with Crippen LogP contribution in [-0.2, 0) is 21.7 Å². The first-order chi connectivity index (χ1) is 26.3. The first-order valence-electron chi connectivity index (χ1n) is 19.9. The number of aromatic nitrogens is 3. The zero-order valence-electron chi connectivity index (χ0n) is 35.2. The molecule has 0 atom stereocenters. The van der Waals surface area contributed by atoms with E-state index in [0.29, 0.717) is 5.56 Å². The zero-order chi connectivity index (χ0) is 40.1. The molecule has 0 aliphatic heterocycles. The Hall–Kier alpha value is -5.66. The van der Waals surface area contributed by atoms with E-state index in [2.05, 4.69) is 177 Å². The molecule has 5 aromatic carbocycles. The van der Waals surface area contributed by atoms with Gasteiger partial charge in [-0.2, -0.15) is 5.26 Å². The van der Waals surface area contributed by atoms with Crippen molar-refractivity contribution < 1.29 is 0 Å². The van der Waals surface area contributed by atoms with E-state index >= 15 is 0 Å². The van der Waals surface area contributed by atoms with Crippen LogP contribution in [-0.4, -0.2) is 14.1 Å². The van der Waals surface area contributed by atoms with Crippen LogP contribution in [0.15, 0.2) is 109 Å². The van der Waals surface area contributed by atoms with Gasteiger partial charge in [-0.25, -0.2) is 0 Å². The molecule has 0 aliphatic carbocycles. The molecule has 0 amide bonds. The summed E-state index contributed by atoms with van der Waals surface area (Å²) in [7, 11) is 0. The van der Waals surface area contributed by atoms with Crippen LogP contribution < -0.4 is 0 Å². The summed E-state index contributed by atoms with van der Waals surface area (Å²) in [4.78, 5) is 5.13. The highest BCUT2D eigenvalue weighted by molar-refractivity contribution is 6.12. The molecule has 0 saturated carbocycles. The van der Waals surface area contributed by atoms with Crippen LogP contribution in [0.25, 0.3) is 66.1 Å². The predicted molar refractivity (Wildman–Crippen MR) is 238 cm³/mol. The number of nitrogens with zero attached hydrogens (tertiary/aromatic N) is 4. The number of hydrogen-bond donors (Lipinski definition) is 0. The van der Waals surface area contributed by atoms with E-state index < -0.39 is 0 Å². The molecule has 0 unspecified atom stereocenters. The van der Waals surface area contributed by atoms with Gasteiger partial charge in [-0.3, -0.25) is 4.98 Å². The molecule has 3 heterocycles. The van der Waals surface area contributed by atoms with Crippen molar-refractivity contribution in [2.75, 3.05) is 0 Å². The maximum atomic E-state index is 10.7. The molecular weight excluding hydrogens is 681 g/mol. The maximum Gasteiger partial charge on any atom is 0.0998 e. The number of rotatable bonds is 3. The Morgan fingerprint density at radius 2 is 0.768 bits per heavy atom. The first kappa shape index (κ1) is 37.3. The fourth-order valence-electron chi connectivity index (χ4n) is 8.27. The number of fused-ring (bicyclic) bond motifs is 6. The van der Waals surface area contributed by atoms with Gasteiger partial charge >= 0.3 is 0 Å². The number of nitriles is 1. The smallest absolute Gasteiger partial charge is 0.0998 e. The molecule has 56 heavy (non-hydrogen) atoms. The average molecular weight is 735 g/mol. The highest BCUT2D eigenvalue weighted by atomic mass is 15.0. The fourth-order valence-corrected chi connectivity index (χ4v) is 8.27. The molecule has 0 saturated heterocycles. The van der Waals surface area contributed by atoms with Crippen LogP contribution in [0.4, 0.5) is 0 Å². The molecule has 0 aliphatic rings. The van der Waals surface area contributed by atoms with Crippen LogP contribution in [0.5, 0.6) is 0 Å². The standard InChI is InChI=1S/C52H54N4/c1-49(2,3)33-17-21-38-39-22-18-34(50(4,5)6)26-43(39)55(42(38)25-33)46-30-54-31-47(48(46)37-16-14-13-15-32(37)29-53)56-44-27-35(51(7,8)9)19-23-40(44)41-24-20-36(28-45(41)56)52(10,11)12/h13-28,30-31H,1-12H3. The normalized spacial score (nSPS) is 13.0. The van der Waals surface area contributed by atoms with E-state index in [-0.39, 0.29) is 21.7 Å². The van der Waals surface area contributed by atoms with E-state index in [4.69, 9.17) is 4.98 Å². The van der Waals surface area contributed by atoms with E-state index in [0.717, 1.165) is 44.6 Å². The second-order valence-electron chi connectivity index (χ2n) is 19.8. The number of pyridine rings is 1. The number of benzene rings is 5. The molecule has 8 rings (SSSR count). The lowest BCUT2D eigenvalue weighted by atomic mass is 9.86. The van der Waals surface area contributed by atoms with Gasteiger partial charge in [0.15, 0.2) is 0 Å². The van der Waals surface area contributed by atoms with Crippen molar-refractivity contribution in [3.8, 4) is 28.6 Å². The molecule has 4 heteroatoms. The lowest BCUT2D eigenvalue weighted by Gasteiger charge is -2.23. The van der Waals surface area contributed by atoms with Crippen molar-refractivity contribution in [1.29, 1.82) is 5.26 Å². The van der Waals surface area contributed by atoms with Gasteiger partial charge in [-0.15, -0.1) is 0 Å². The van der Waals surface area contributed by atoms with Crippen molar-refractivity contribution in [3.05, 3.63) is 137 Å². The largest absolute Gasteiger partial charge is 0.307 e. The van der Waals surface area contributed by atoms with Crippen molar-refractivity contribution in [1.82, 2.24) is 14.1 Å². The molecule has 8 aromatic rings. The van der Waals surface area contributed by atoms with Crippen LogP contribution in [0, 0.1) is 11.3 Å². The lowest BCUT2D eigenvalue weighted by molar-refractivity contribution is 0.590. The van der Waals surface area contributed by atoms with Gasteiger partial charge in [0.25, 0.3) is 0 Å². The minimum Gasteiger partial charge on any atom is -0.307 e. The van der Waals surface area contributed by atoms with Gasteiger partial charge in [0.05, 0.1) is 57.5 Å². The quantitative estimate of drug-likeness (QED) is 0.181. The summed E-state index contributed by atoms with van der Waals surface area (Å²) in [6, 6.07) is 38.4.